The van der Waals surface area contributed by atoms with Crippen molar-refractivity contribution < 1.29 is 4.21 Å². The van der Waals surface area contributed by atoms with Gasteiger partial charge in [0.15, 0.2) is 0 Å². The van der Waals surface area contributed by atoms with Crippen molar-refractivity contribution in [3.05, 3.63) is 34.9 Å². The fraction of sp³-hybridized carbons (Fsp3) is 0.400. The molecule has 0 aliphatic heterocycles. The Hall–Kier alpha value is 0.240. The maximum absolute atomic E-state index is 9.09. The normalized spacial score (nSPS) is 13.3. The minimum Gasteiger partial charge on any atom is -0.225 e. The molecule has 0 aromatic heterocycles. The maximum Gasteiger partial charge on any atom is 0.211 e. The van der Waals surface area contributed by atoms with Crippen molar-refractivity contribution >= 4 is 42.2 Å². The van der Waals surface area contributed by atoms with Gasteiger partial charge in [0, 0.05) is 27.2 Å². The van der Waals surface area contributed by atoms with Crippen molar-refractivity contribution in [1.82, 2.24) is 0 Å². The zero-order valence-electron chi connectivity index (χ0n) is 8.01. The SMILES string of the molecule is ClCc1ccc2c(c1)CCC2.O=S(Cl)Cl. The fourth-order valence-corrected chi connectivity index (χ4v) is 1.87. The summed E-state index contributed by atoms with van der Waals surface area (Å²) in [5.41, 5.74) is 4.30. The van der Waals surface area contributed by atoms with Crippen molar-refractivity contribution in [2.24, 2.45) is 0 Å². The van der Waals surface area contributed by atoms with Gasteiger partial charge < -0.3 is 0 Å². The van der Waals surface area contributed by atoms with Gasteiger partial charge in [-0.2, -0.15) is 0 Å². The van der Waals surface area contributed by atoms with Crippen LogP contribution < -0.4 is 0 Å². The minimum absolute atomic E-state index is 0.646. The molecule has 0 heterocycles. The molecular weight excluding hydrogens is 275 g/mol. The highest BCUT2D eigenvalue weighted by Crippen LogP contribution is 2.23. The molecule has 0 N–H and O–H groups in total. The number of hydrogen-bond donors (Lipinski definition) is 0. The highest BCUT2D eigenvalue weighted by molar-refractivity contribution is 8.26. The number of hydrogen-bond acceptors (Lipinski definition) is 1. The molecule has 5 heteroatoms. The van der Waals surface area contributed by atoms with Crippen LogP contribution in [0, 0.1) is 0 Å². The second-order valence-corrected chi connectivity index (χ2v) is 6.07. The lowest BCUT2D eigenvalue weighted by Crippen LogP contribution is -1.84. The first-order chi connectivity index (χ1) is 7.13. The van der Waals surface area contributed by atoms with E-state index < -0.39 is 9.23 Å². The zero-order valence-corrected chi connectivity index (χ0v) is 11.1. The molecule has 2 rings (SSSR count). The predicted molar refractivity (Wildman–Crippen MR) is 67.9 cm³/mol. The molecule has 1 aliphatic carbocycles. The monoisotopic (exact) mass is 284 g/mol. The molecule has 0 bridgehead atoms. The van der Waals surface area contributed by atoms with E-state index in [2.05, 4.69) is 39.6 Å². The van der Waals surface area contributed by atoms with Gasteiger partial charge in [-0.3, -0.25) is 0 Å². The standard InChI is InChI=1S/C10H11Cl.Cl2OS/c11-7-8-4-5-9-2-1-3-10(9)6-8;1-4(2)3/h4-6H,1-3,7H2;. The number of fused-ring (bicyclic) bond motifs is 1. The van der Waals surface area contributed by atoms with Crippen molar-refractivity contribution in [3.8, 4) is 0 Å². The molecule has 0 saturated carbocycles. The summed E-state index contributed by atoms with van der Waals surface area (Å²) in [5, 5.41) is 0. The van der Waals surface area contributed by atoms with Gasteiger partial charge in [0.05, 0.1) is 0 Å². The summed E-state index contributed by atoms with van der Waals surface area (Å²) in [6, 6.07) is 6.60. The Morgan fingerprint density at radius 1 is 1.20 bits per heavy atom. The summed E-state index contributed by atoms with van der Waals surface area (Å²) < 4.78 is 9.09. The Balaban J connectivity index is 0.000000245. The third kappa shape index (κ3) is 4.73. The lowest BCUT2D eigenvalue weighted by atomic mass is 10.1. The summed E-state index contributed by atoms with van der Waals surface area (Å²) in [7, 11) is 7.36. The molecule has 0 spiro atoms. The van der Waals surface area contributed by atoms with E-state index in [0.717, 1.165) is 0 Å². The third-order valence-corrected chi connectivity index (χ3v) is 2.63. The van der Waals surface area contributed by atoms with Crippen LogP contribution >= 0.6 is 33.0 Å². The fourth-order valence-electron chi connectivity index (χ4n) is 1.71. The Morgan fingerprint density at radius 3 is 2.40 bits per heavy atom. The van der Waals surface area contributed by atoms with Crippen molar-refractivity contribution in [2.45, 2.75) is 25.1 Å². The molecule has 0 radical (unpaired) electrons. The van der Waals surface area contributed by atoms with Crippen LogP contribution in [0.15, 0.2) is 18.2 Å². The van der Waals surface area contributed by atoms with E-state index in [1.54, 1.807) is 0 Å². The van der Waals surface area contributed by atoms with Gasteiger partial charge in [-0.1, -0.05) is 18.2 Å². The van der Waals surface area contributed by atoms with Crippen LogP contribution in [0.3, 0.4) is 0 Å². The molecule has 15 heavy (non-hydrogen) atoms. The third-order valence-electron chi connectivity index (χ3n) is 2.32. The second-order valence-electron chi connectivity index (χ2n) is 3.27. The number of benzene rings is 1. The first-order valence-electron chi connectivity index (χ1n) is 4.54. The van der Waals surface area contributed by atoms with E-state index in [4.69, 9.17) is 15.8 Å². The zero-order chi connectivity index (χ0) is 11.3. The summed E-state index contributed by atoms with van der Waals surface area (Å²) in [5.74, 6) is 0.646. The predicted octanol–water partition coefficient (Wildman–Crippen LogP) is 3.96. The Morgan fingerprint density at radius 2 is 1.80 bits per heavy atom. The first-order valence-corrected chi connectivity index (χ1v) is 7.88. The highest BCUT2D eigenvalue weighted by Gasteiger charge is 2.09. The van der Waals surface area contributed by atoms with E-state index >= 15 is 0 Å². The number of rotatable bonds is 1. The van der Waals surface area contributed by atoms with Gasteiger partial charge in [0.2, 0.25) is 9.23 Å². The molecule has 84 valence electrons. The smallest absolute Gasteiger partial charge is 0.211 e. The Labute approximate surface area is 106 Å². The Kier molecular flexibility index (Phi) is 5.98. The molecule has 0 atom stereocenters. The van der Waals surface area contributed by atoms with Gasteiger partial charge in [0.25, 0.3) is 0 Å². The average molecular weight is 286 g/mol. The number of alkyl halides is 1. The topological polar surface area (TPSA) is 17.1 Å². The van der Waals surface area contributed by atoms with Crippen molar-refractivity contribution in [1.29, 1.82) is 0 Å². The van der Waals surface area contributed by atoms with E-state index in [9.17, 15) is 0 Å². The van der Waals surface area contributed by atoms with Gasteiger partial charge in [-0.15, -0.1) is 11.6 Å². The summed E-state index contributed by atoms with van der Waals surface area (Å²) >= 11 is 5.73. The quantitative estimate of drug-likeness (QED) is 0.564. The van der Waals surface area contributed by atoms with Crippen LogP contribution in [0.5, 0.6) is 0 Å². The van der Waals surface area contributed by atoms with E-state index in [-0.39, 0.29) is 0 Å². The maximum atomic E-state index is 9.09. The van der Waals surface area contributed by atoms with E-state index in [0.29, 0.717) is 5.88 Å². The molecule has 1 aromatic carbocycles. The van der Waals surface area contributed by atoms with E-state index in [1.165, 1.54) is 36.0 Å². The van der Waals surface area contributed by atoms with Gasteiger partial charge in [-0.25, -0.2) is 4.21 Å². The van der Waals surface area contributed by atoms with Gasteiger partial charge in [0.1, 0.15) is 0 Å². The Bertz CT molecular complexity index is 351. The molecule has 1 aliphatic rings. The van der Waals surface area contributed by atoms with Crippen LogP contribution in [-0.2, 0) is 27.9 Å². The van der Waals surface area contributed by atoms with Crippen LogP contribution in [-0.4, -0.2) is 4.21 Å². The first kappa shape index (κ1) is 13.3. The van der Waals surface area contributed by atoms with Crippen LogP contribution in [0.1, 0.15) is 23.1 Å². The summed E-state index contributed by atoms with van der Waals surface area (Å²) in [6.07, 6.45) is 3.83. The number of aryl methyl sites for hydroxylation is 2. The summed E-state index contributed by atoms with van der Waals surface area (Å²) in [6.45, 7) is 0. The summed E-state index contributed by atoms with van der Waals surface area (Å²) in [4.78, 5) is 0. The van der Waals surface area contributed by atoms with Crippen molar-refractivity contribution in [2.75, 3.05) is 0 Å². The van der Waals surface area contributed by atoms with Crippen LogP contribution in [0.4, 0.5) is 0 Å². The largest absolute Gasteiger partial charge is 0.225 e. The van der Waals surface area contributed by atoms with Crippen LogP contribution in [0.2, 0.25) is 0 Å². The second kappa shape index (κ2) is 6.74. The minimum atomic E-state index is -1.67. The molecule has 0 fully saturated rings. The highest BCUT2D eigenvalue weighted by atomic mass is 36.0. The van der Waals surface area contributed by atoms with Crippen LogP contribution in [0.25, 0.3) is 0 Å². The lowest BCUT2D eigenvalue weighted by Gasteiger charge is -2.00. The van der Waals surface area contributed by atoms with Crippen molar-refractivity contribution in [3.63, 3.8) is 0 Å². The van der Waals surface area contributed by atoms with Gasteiger partial charge in [-0.05, 0) is 36.0 Å². The lowest BCUT2D eigenvalue weighted by molar-refractivity contribution is 0.698. The molecule has 1 aromatic rings. The molecule has 0 amide bonds. The molecular formula is C10H11Cl3OS. The van der Waals surface area contributed by atoms with Gasteiger partial charge >= 0.3 is 0 Å². The molecule has 0 saturated heterocycles. The molecule has 1 nitrogen and oxygen atoms in total. The molecule has 0 unspecified atom stereocenters. The number of halogens is 3. The van der Waals surface area contributed by atoms with E-state index in [1.807, 2.05) is 0 Å². The average Bonchev–Trinajstić information content (AvgIpc) is 2.63.